The summed E-state index contributed by atoms with van der Waals surface area (Å²) in [7, 11) is 0. The predicted octanol–water partition coefficient (Wildman–Crippen LogP) is 1.37. The molecule has 0 unspecified atom stereocenters. The summed E-state index contributed by atoms with van der Waals surface area (Å²) in [6.45, 7) is 3.29. The topological polar surface area (TPSA) is 86.6 Å². The molecule has 3 N–H and O–H groups in total. The Hall–Kier alpha value is -2.14. The Bertz CT molecular complexity index is 472. The summed E-state index contributed by atoms with van der Waals surface area (Å²) in [5.41, 5.74) is 0.998. The quantitative estimate of drug-likeness (QED) is 0.600. The second-order valence-electron chi connectivity index (χ2n) is 4.90. The molecule has 0 saturated carbocycles. The van der Waals surface area contributed by atoms with Gasteiger partial charge in [-0.1, -0.05) is 36.4 Å². The highest BCUT2D eigenvalue weighted by Gasteiger charge is 2.21. The van der Waals surface area contributed by atoms with Gasteiger partial charge in [0.2, 0.25) is 5.91 Å². The number of hydrogen-bond acceptors (Lipinski definition) is 3. The van der Waals surface area contributed by atoms with Crippen molar-refractivity contribution in [3.63, 3.8) is 0 Å². The molecule has 0 spiro atoms. The van der Waals surface area contributed by atoms with Gasteiger partial charge < -0.3 is 15.5 Å². The molecular formula is C16H21NO4. The first-order valence-corrected chi connectivity index (χ1v) is 6.84. The molecule has 0 aliphatic carbocycles. The Kier molecular flexibility index (Phi) is 7.18. The highest BCUT2D eigenvalue weighted by atomic mass is 16.4. The Balaban J connectivity index is 2.54. The molecule has 0 saturated heterocycles. The van der Waals surface area contributed by atoms with E-state index in [4.69, 9.17) is 5.11 Å². The van der Waals surface area contributed by atoms with Crippen LogP contribution >= 0.6 is 0 Å². The van der Waals surface area contributed by atoms with E-state index in [1.807, 2.05) is 30.3 Å². The second-order valence-corrected chi connectivity index (χ2v) is 4.90. The van der Waals surface area contributed by atoms with Crippen molar-refractivity contribution in [3.8, 4) is 0 Å². The van der Waals surface area contributed by atoms with Crippen LogP contribution in [0.4, 0.5) is 0 Å². The molecule has 0 bridgehead atoms. The van der Waals surface area contributed by atoms with Crippen LogP contribution in [-0.4, -0.2) is 34.7 Å². The van der Waals surface area contributed by atoms with Gasteiger partial charge >= 0.3 is 5.97 Å². The van der Waals surface area contributed by atoms with Crippen LogP contribution in [0.2, 0.25) is 0 Å². The number of allylic oxidation sites excluding steroid dienone is 1. The van der Waals surface area contributed by atoms with Gasteiger partial charge in [0.1, 0.15) is 0 Å². The molecule has 0 fully saturated rings. The van der Waals surface area contributed by atoms with Crippen molar-refractivity contribution >= 4 is 11.9 Å². The highest BCUT2D eigenvalue weighted by Crippen LogP contribution is 2.10. The van der Waals surface area contributed by atoms with E-state index in [2.05, 4.69) is 11.9 Å². The molecule has 0 aromatic heterocycles. The normalized spacial score (nSPS) is 13.2. The molecule has 0 radical (unpaired) electrons. The van der Waals surface area contributed by atoms with Gasteiger partial charge in [0.25, 0.3) is 0 Å². The van der Waals surface area contributed by atoms with Gasteiger partial charge in [-0.25, -0.2) is 0 Å². The lowest BCUT2D eigenvalue weighted by Crippen LogP contribution is -2.40. The van der Waals surface area contributed by atoms with Crippen LogP contribution in [0, 0.1) is 5.92 Å². The second kappa shape index (κ2) is 8.92. The summed E-state index contributed by atoms with van der Waals surface area (Å²) in [6, 6.07) is 9.06. The Labute approximate surface area is 124 Å². The monoisotopic (exact) mass is 291 g/mol. The van der Waals surface area contributed by atoms with E-state index in [1.54, 1.807) is 0 Å². The van der Waals surface area contributed by atoms with Gasteiger partial charge in [-0.3, -0.25) is 9.59 Å². The zero-order valence-corrected chi connectivity index (χ0v) is 11.9. The fourth-order valence-electron chi connectivity index (χ4n) is 2.04. The number of aliphatic hydroxyl groups is 1. The van der Waals surface area contributed by atoms with Crippen molar-refractivity contribution in [1.29, 1.82) is 0 Å². The molecule has 114 valence electrons. The minimum absolute atomic E-state index is 0.118. The number of carboxylic acid groups (broad SMARTS) is 1. The third kappa shape index (κ3) is 6.23. The van der Waals surface area contributed by atoms with Gasteiger partial charge in [0.05, 0.1) is 18.6 Å². The van der Waals surface area contributed by atoms with Crippen molar-refractivity contribution in [2.75, 3.05) is 6.61 Å². The largest absolute Gasteiger partial charge is 0.481 e. The van der Waals surface area contributed by atoms with Crippen molar-refractivity contribution < 1.29 is 19.8 Å². The maximum atomic E-state index is 11.9. The minimum Gasteiger partial charge on any atom is -0.481 e. The van der Waals surface area contributed by atoms with E-state index in [9.17, 15) is 14.7 Å². The van der Waals surface area contributed by atoms with Crippen molar-refractivity contribution in [1.82, 2.24) is 5.32 Å². The number of amides is 1. The highest BCUT2D eigenvalue weighted by molar-refractivity contribution is 5.82. The maximum absolute atomic E-state index is 11.9. The summed E-state index contributed by atoms with van der Waals surface area (Å²) in [5, 5.41) is 21.0. The average Bonchev–Trinajstić information content (AvgIpc) is 2.47. The van der Waals surface area contributed by atoms with E-state index in [0.717, 1.165) is 5.56 Å². The van der Waals surface area contributed by atoms with E-state index < -0.39 is 17.9 Å². The van der Waals surface area contributed by atoms with Crippen molar-refractivity contribution in [3.05, 3.63) is 48.6 Å². The van der Waals surface area contributed by atoms with Gasteiger partial charge in [-0.2, -0.15) is 0 Å². The first kappa shape index (κ1) is 16.9. The molecule has 5 nitrogen and oxygen atoms in total. The van der Waals surface area contributed by atoms with Crippen LogP contribution in [0.15, 0.2) is 43.0 Å². The lowest BCUT2D eigenvalue weighted by molar-refractivity contribution is -0.144. The molecular weight excluding hydrogens is 270 g/mol. The standard InChI is InChI=1S/C16H21NO4/c1-2-6-13(16(20)21)10-15(19)17-14(11-18)9-12-7-4-3-5-8-12/h2-5,7-8,13-14,18H,1,6,9-11H2,(H,17,19)(H,20,21)/t13-,14-/m1/s1. The first-order valence-electron chi connectivity index (χ1n) is 6.84. The average molecular weight is 291 g/mol. The van der Waals surface area contributed by atoms with E-state index in [0.29, 0.717) is 6.42 Å². The van der Waals surface area contributed by atoms with Crippen LogP contribution in [0.5, 0.6) is 0 Å². The Morgan fingerprint density at radius 3 is 2.48 bits per heavy atom. The van der Waals surface area contributed by atoms with Gasteiger partial charge in [0, 0.05) is 6.42 Å². The Morgan fingerprint density at radius 2 is 1.95 bits per heavy atom. The molecule has 0 aliphatic rings. The van der Waals surface area contributed by atoms with Crippen LogP contribution in [0.3, 0.4) is 0 Å². The zero-order chi connectivity index (χ0) is 15.7. The Morgan fingerprint density at radius 1 is 1.29 bits per heavy atom. The fraction of sp³-hybridized carbons (Fsp3) is 0.375. The van der Waals surface area contributed by atoms with Crippen LogP contribution in [0.25, 0.3) is 0 Å². The van der Waals surface area contributed by atoms with Crippen LogP contribution in [0.1, 0.15) is 18.4 Å². The molecule has 21 heavy (non-hydrogen) atoms. The number of hydrogen-bond donors (Lipinski definition) is 3. The van der Waals surface area contributed by atoms with E-state index in [1.165, 1.54) is 6.08 Å². The summed E-state index contributed by atoms with van der Waals surface area (Å²) in [6.07, 6.45) is 2.11. The third-order valence-electron chi connectivity index (χ3n) is 3.14. The molecule has 0 heterocycles. The van der Waals surface area contributed by atoms with Crippen molar-refractivity contribution in [2.24, 2.45) is 5.92 Å². The first-order chi connectivity index (χ1) is 10.1. The van der Waals surface area contributed by atoms with Crippen molar-refractivity contribution in [2.45, 2.75) is 25.3 Å². The molecule has 0 aliphatic heterocycles. The number of benzene rings is 1. The van der Waals surface area contributed by atoms with E-state index >= 15 is 0 Å². The molecule has 5 heteroatoms. The third-order valence-corrected chi connectivity index (χ3v) is 3.14. The molecule has 1 rings (SSSR count). The van der Waals surface area contributed by atoms with Gasteiger partial charge in [-0.05, 0) is 18.4 Å². The van der Waals surface area contributed by atoms with Gasteiger partial charge in [0.15, 0.2) is 0 Å². The van der Waals surface area contributed by atoms with Crippen LogP contribution < -0.4 is 5.32 Å². The number of aliphatic hydroxyl groups excluding tert-OH is 1. The number of carbonyl (C=O) groups is 2. The lowest BCUT2D eigenvalue weighted by Gasteiger charge is -2.18. The molecule has 2 atom stereocenters. The minimum atomic E-state index is -1.02. The van der Waals surface area contributed by atoms with Crippen LogP contribution in [-0.2, 0) is 16.0 Å². The number of aliphatic carboxylic acids is 1. The van der Waals surface area contributed by atoms with E-state index in [-0.39, 0.29) is 25.4 Å². The fourth-order valence-corrected chi connectivity index (χ4v) is 2.04. The summed E-state index contributed by atoms with van der Waals surface area (Å²) >= 11 is 0. The SMILES string of the molecule is C=CC[C@H](CC(=O)N[C@@H](CO)Cc1ccccc1)C(=O)O. The molecule has 1 aromatic carbocycles. The summed E-state index contributed by atoms with van der Waals surface area (Å²) < 4.78 is 0. The summed E-state index contributed by atoms with van der Waals surface area (Å²) in [4.78, 5) is 22.9. The lowest BCUT2D eigenvalue weighted by atomic mass is 10.0. The number of nitrogens with one attached hydrogen (secondary N) is 1. The van der Waals surface area contributed by atoms with Gasteiger partial charge in [-0.15, -0.1) is 6.58 Å². The number of carbonyl (C=O) groups excluding carboxylic acids is 1. The molecule has 1 amide bonds. The number of rotatable bonds is 9. The predicted molar refractivity (Wildman–Crippen MR) is 79.7 cm³/mol. The smallest absolute Gasteiger partial charge is 0.307 e. The molecule has 1 aromatic rings. The zero-order valence-electron chi connectivity index (χ0n) is 11.9. The maximum Gasteiger partial charge on any atom is 0.307 e. The number of carboxylic acids is 1. The summed E-state index contributed by atoms with van der Waals surface area (Å²) in [5.74, 6) is -2.17.